The predicted octanol–water partition coefficient (Wildman–Crippen LogP) is 3.51. The van der Waals surface area contributed by atoms with Gasteiger partial charge < -0.3 is 5.11 Å². The molecule has 1 aromatic heterocycles. The third-order valence-corrected chi connectivity index (χ3v) is 4.94. The highest BCUT2D eigenvalue weighted by Gasteiger charge is 2.28. The first kappa shape index (κ1) is 15.0. The van der Waals surface area contributed by atoms with E-state index in [2.05, 4.69) is 34.1 Å². The Morgan fingerprint density at radius 2 is 2.05 bits per heavy atom. The molecule has 1 fully saturated rings. The van der Waals surface area contributed by atoms with Crippen molar-refractivity contribution >= 4 is 22.9 Å². The summed E-state index contributed by atoms with van der Waals surface area (Å²) in [5, 5.41) is 12.2. The van der Waals surface area contributed by atoms with E-state index >= 15 is 0 Å². The minimum atomic E-state index is 0.231. The number of aliphatic hydroxyl groups is 1. The van der Waals surface area contributed by atoms with Crippen LogP contribution in [0, 0.1) is 0 Å². The monoisotopic (exact) mass is 322 g/mol. The first-order chi connectivity index (χ1) is 10.3. The Labute approximate surface area is 134 Å². The Balaban J connectivity index is 1.68. The highest BCUT2D eigenvalue weighted by atomic mass is 35.5. The predicted molar refractivity (Wildman–Crippen MR) is 87.6 cm³/mol. The number of rotatable bonds is 7. The molecule has 0 atom stereocenters. The minimum Gasteiger partial charge on any atom is -0.395 e. The molecule has 0 aliphatic heterocycles. The molecule has 2 aromatic rings. The molecule has 0 radical (unpaired) electrons. The molecule has 0 unspecified atom stereocenters. The molecule has 3 rings (SSSR count). The molecular formula is C16H19ClN2OS. The number of benzene rings is 1. The minimum absolute atomic E-state index is 0.231. The van der Waals surface area contributed by atoms with E-state index in [0.717, 1.165) is 29.4 Å². The molecule has 112 valence electrons. The molecule has 1 saturated carbocycles. The maximum absolute atomic E-state index is 9.15. The van der Waals surface area contributed by atoms with Crippen molar-refractivity contribution in [2.24, 2.45) is 0 Å². The lowest BCUT2D eigenvalue weighted by Gasteiger charge is -2.20. The van der Waals surface area contributed by atoms with Crippen molar-refractivity contribution in [1.82, 2.24) is 9.88 Å². The van der Waals surface area contributed by atoms with Gasteiger partial charge in [-0.3, -0.25) is 4.90 Å². The number of hydrogen-bond donors (Lipinski definition) is 1. The summed E-state index contributed by atoms with van der Waals surface area (Å²) >= 11 is 7.42. The number of thiazole rings is 1. The summed E-state index contributed by atoms with van der Waals surface area (Å²) in [5.41, 5.74) is 3.36. The average Bonchev–Trinajstić information content (AvgIpc) is 3.25. The van der Waals surface area contributed by atoms with E-state index in [9.17, 15) is 0 Å². The molecule has 5 heteroatoms. The van der Waals surface area contributed by atoms with Gasteiger partial charge in [0.25, 0.3) is 0 Å². The molecule has 21 heavy (non-hydrogen) atoms. The van der Waals surface area contributed by atoms with Crippen LogP contribution in [0.3, 0.4) is 0 Å². The van der Waals surface area contributed by atoms with Crippen LogP contribution in [0.25, 0.3) is 10.6 Å². The normalized spacial score (nSPS) is 14.8. The van der Waals surface area contributed by atoms with Crippen LogP contribution in [-0.2, 0) is 12.4 Å². The highest BCUT2D eigenvalue weighted by Crippen LogP contribution is 2.29. The van der Waals surface area contributed by atoms with Crippen LogP contribution < -0.4 is 0 Å². The van der Waals surface area contributed by atoms with Gasteiger partial charge in [-0.2, -0.15) is 0 Å². The summed E-state index contributed by atoms with van der Waals surface area (Å²) in [6.45, 7) is 1.91. The fourth-order valence-corrected chi connectivity index (χ4v) is 3.50. The van der Waals surface area contributed by atoms with Gasteiger partial charge in [0.15, 0.2) is 0 Å². The molecule has 0 saturated heterocycles. The van der Waals surface area contributed by atoms with Gasteiger partial charge >= 0.3 is 0 Å². The zero-order valence-corrected chi connectivity index (χ0v) is 13.4. The molecule has 3 nitrogen and oxygen atoms in total. The molecule has 0 amide bonds. The van der Waals surface area contributed by atoms with Crippen LogP contribution in [0.4, 0.5) is 0 Å². The number of hydrogen-bond acceptors (Lipinski definition) is 4. The number of alkyl halides is 1. The SMILES string of the molecule is OCCN(Cc1ccc(-c2nc(CCl)cs2)cc1)C1CC1. The topological polar surface area (TPSA) is 36.4 Å². The highest BCUT2D eigenvalue weighted by molar-refractivity contribution is 7.13. The first-order valence-electron chi connectivity index (χ1n) is 7.24. The second-order valence-electron chi connectivity index (χ2n) is 5.40. The lowest BCUT2D eigenvalue weighted by atomic mass is 10.1. The Morgan fingerprint density at radius 1 is 1.29 bits per heavy atom. The molecule has 1 heterocycles. The average molecular weight is 323 g/mol. The molecule has 1 aliphatic rings. The van der Waals surface area contributed by atoms with Gasteiger partial charge in [0.1, 0.15) is 5.01 Å². The summed E-state index contributed by atoms with van der Waals surface area (Å²) in [4.78, 5) is 6.87. The van der Waals surface area contributed by atoms with E-state index in [0.29, 0.717) is 11.9 Å². The summed E-state index contributed by atoms with van der Waals surface area (Å²) in [5.74, 6) is 0.464. The third-order valence-electron chi connectivity index (χ3n) is 3.73. The maximum Gasteiger partial charge on any atom is 0.123 e. The van der Waals surface area contributed by atoms with E-state index in [4.69, 9.17) is 16.7 Å². The molecule has 1 aromatic carbocycles. The van der Waals surface area contributed by atoms with Crippen molar-refractivity contribution in [2.75, 3.05) is 13.2 Å². The summed E-state index contributed by atoms with van der Waals surface area (Å²) in [7, 11) is 0. The summed E-state index contributed by atoms with van der Waals surface area (Å²) in [6, 6.07) is 9.22. The van der Waals surface area contributed by atoms with Gasteiger partial charge in [0, 0.05) is 30.1 Å². The maximum atomic E-state index is 9.15. The summed E-state index contributed by atoms with van der Waals surface area (Å²) < 4.78 is 0. The number of halogens is 1. The lowest BCUT2D eigenvalue weighted by Crippen LogP contribution is -2.28. The van der Waals surface area contributed by atoms with Gasteiger partial charge in [0.05, 0.1) is 18.2 Å². The third kappa shape index (κ3) is 3.83. The van der Waals surface area contributed by atoms with Crippen molar-refractivity contribution in [3.05, 3.63) is 40.9 Å². The largest absolute Gasteiger partial charge is 0.395 e. The second-order valence-corrected chi connectivity index (χ2v) is 6.53. The number of nitrogens with zero attached hydrogens (tertiary/aromatic N) is 2. The van der Waals surface area contributed by atoms with Crippen molar-refractivity contribution in [1.29, 1.82) is 0 Å². The Kier molecular flexibility index (Phi) is 4.91. The van der Waals surface area contributed by atoms with Crippen LogP contribution in [0.2, 0.25) is 0 Å². The van der Waals surface area contributed by atoms with Crippen molar-refractivity contribution < 1.29 is 5.11 Å². The smallest absolute Gasteiger partial charge is 0.123 e. The van der Waals surface area contributed by atoms with E-state index in [1.807, 2.05) is 5.38 Å². The zero-order valence-electron chi connectivity index (χ0n) is 11.8. The second kappa shape index (κ2) is 6.88. The molecule has 1 aliphatic carbocycles. The van der Waals surface area contributed by atoms with Crippen LogP contribution in [-0.4, -0.2) is 34.2 Å². The zero-order chi connectivity index (χ0) is 14.7. The van der Waals surface area contributed by atoms with E-state index in [-0.39, 0.29) is 6.61 Å². The van der Waals surface area contributed by atoms with Crippen molar-refractivity contribution in [3.63, 3.8) is 0 Å². The van der Waals surface area contributed by atoms with Crippen molar-refractivity contribution in [2.45, 2.75) is 31.3 Å². The van der Waals surface area contributed by atoms with E-state index in [1.165, 1.54) is 18.4 Å². The molecular weight excluding hydrogens is 304 g/mol. The first-order valence-corrected chi connectivity index (χ1v) is 8.66. The summed E-state index contributed by atoms with van der Waals surface area (Å²) in [6.07, 6.45) is 2.52. The van der Waals surface area contributed by atoms with Gasteiger partial charge in [-0.15, -0.1) is 22.9 Å². The Morgan fingerprint density at radius 3 is 2.62 bits per heavy atom. The standard InChI is InChI=1S/C16H19ClN2OS/c17-9-14-11-21-16(18-14)13-3-1-12(2-4-13)10-19(7-8-20)15-5-6-15/h1-4,11,15,20H,5-10H2. The molecule has 0 bridgehead atoms. The van der Waals surface area contributed by atoms with Gasteiger partial charge in [0.2, 0.25) is 0 Å². The van der Waals surface area contributed by atoms with Crippen LogP contribution in [0.5, 0.6) is 0 Å². The van der Waals surface area contributed by atoms with Gasteiger partial charge in [-0.05, 0) is 18.4 Å². The van der Waals surface area contributed by atoms with Gasteiger partial charge in [-0.25, -0.2) is 4.98 Å². The lowest BCUT2D eigenvalue weighted by molar-refractivity contribution is 0.183. The van der Waals surface area contributed by atoms with E-state index < -0.39 is 0 Å². The van der Waals surface area contributed by atoms with Crippen LogP contribution in [0.1, 0.15) is 24.1 Å². The quantitative estimate of drug-likeness (QED) is 0.793. The fourth-order valence-electron chi connectivity index (χ4n) is 2.45. The van der Waals surface area contributed by atoms with E-state index in [1.54, 1.807) is 11.3 Å². The van der Waals surface area contributed by atoms with Crippen molar-refractivity contribution in [3.8, 4) is 10.6 Å². The Hall–Kier alpha value is -0.940. The van der Waals surface area contributed by atoms with Crippen LogP contribution in [0.15, 0.2) is 29.6 Å². The number of aromatic nitrogens is 1. The van der Waals surface area contributed by atoms with Gasteiger partial charge in [-0.1, -0.05) is 24.3 Å². The molecule has 1 N–H and O–H groups in total. The van der Waals surface area contributed by atoms with Crippen LogP contribution >= 0.6 is 22.9 Å². The molecule has 0 spiro atoms. The fraction of sp³-hybridized carbons (Fsp3) is 0.438. The number of aliphatic hydroxyl groups excluding tert-OH is 1. The Bertz CT molecular complexity index is 580.